The quantitative estimate of drug-likeness (QED) is 0.672. The fourth-order valence-electron chi connectivity index (χ4n) is 2.42. The Morgan fingerprint density at radius 3 is 2.31 bits per heavy atom. The number of benzene rings is 2. The molecule has 0 aliphatic rings. The number of nitrogens with two attached hydrogens (primary N) is 1. The van der Waals surface area contributed by atoms with Gasteiger partial charge in [-0.2, -0.15) is 0 Å². The van der Waals surface area contributed by atoms with Gasteiger partial charge in [0, 0.05) is 5.69 Å². The highest BCUT2D eigenvalue weighted by Crippen LogP contribution is 2.29. The van der Waals surface area contributed by atoms with Crippen molar-refractivity contribution in [3.63, 3.8) is 0 Å². The zero-order valence-electron chi connectivity index (χ0n) is 14.3. The summed E-state index contributed by atoms with van der Waals surface area (Å²) < 4.78 is 4.90. The number of primary amides is 1. The molecule has 5 nitrogen and oxygen atoms in total. The van der Waals surface area contributed by atoms with E-state index in [4.69, 9.17) is 33.7 Å². The lowest BCUT2D eigenvalue weighted by Crippen LogP contribution is -2.34. The number of hydrogen-bond donors (Lipinski definition) is 2. The van der Waals surface area contributed by atoms with Crippen molar-refractivity contribution in [2.45, 2.75) is 32.3 Å². The van der Waals surface area contributed by atoms with Gasteiger partial charge in [0.25, 0.3) is 5.91 Å². The van der Waals surface area contributed by atoms with Crippen molar-refractivity contribution in [2.24, 2.45) is 5.73 Å². The van der Waals surface area contributed by atoms with Crippen molar-refractivity contribution in [3.8, 4) is 11.1 Å². The average molecular weight is 395 g/mol. The minimum absolute atomic E-state index is 0.403. The molecule has 2 aromatic rings. The first-order chi connectivity index (χ1) is 12.4. The third-order valence-corrected chi connectivity index (χ3v) is 4.52. The molecule has 2 amide bonds. The van der Waals surface area contributed by atoms with Crippen LogP contribution in [0.3, 0.4) is 0 Å². The maximum atomic E-state index is 12.3. The van der Waals surface area contributed by atoms with E-state index in [1.807, 2.05) is 25.1 Å². The second kappa shape index (κ2) is 9.46. The summed E-state index contributed by atoms with van der Waals surface area (Å²) in [5, 5.41) is 3.70. The maximum Gasteiger partial charge on any atom is 0.405 e. The van der Waals surface area contributed by atoms with E-state index in [1.165, 1.54) is 0 Å². The van der Waals surface area contributed by atoms with Crippen molar-refractivity contribution in [3.05, 3.63) is 52.5 Å². The smallest absolute Gasteiger partial charge is 0.405 e. The number of carbonyl (C=O) groups is 2. The topological polar surface area (TPSA) is 81.4 Å². The van der Waals surface area contributed by atoms with Gasteiger partial charge < -0.3 is 15.8 Å². The van der Waals surface area contributed by atoms with Gasteiger partial charge in [0.2, 0.25) is 0 Å². The first-order valence-electron chi connectivity index (χ1n) is 8.23. The molecule has 0 saturated carbocycles. The second-order valence-electron chi connectivity index (χ2n) is 5.76. The zero-order valence-corrected chi connectivity index (χ0v) is 15.8. The van der Waals surface area contributed by atoms with E-state index in [0.29, 0.717) is 22.2 Å². The standard InChI is InChI=1S/C19H20Cl2N2O3/c1-2-3-4-17(26-19(22)25)18(24)23-14-8-5-12(6-9-14)13-7-10-15(20)16(21)11-13/h5-11,17H,2-4H2,1H3,(H2,22,25)(H,23,24)/t17-/m0/s1. The number of rotatable bonds is 7. The first-order valence-corrected chi connectivity index (χ1v) is 8.98. The minimum atomic E-state index is -0.962. The third-order valence-electron chi connectivity index (χ3n) is 3.78. The SMILES string of the molecule is CCCC[C@H](OC(N)=O)C(=O)Nc1ccc(-c2ccc(Cl)c(Cl)c2)cc1. The van der Waals surface area contributed by atoms with Gasteiger partial charge in [-0.05, 0) is 48.2 Å². The summed E-state index contributed by atoms with van der Waals surface area (Å²) in [6, 6.07) is 12.6. The van der Waals surface area contributed by atoms with Gasteiger partial charge in [0.05, 0.1) is 10.0 Å². The molecular formula is C19H20Cl2N2O3. The lowest BCUT2D eigenvalue weighted by molar-refractivity contribution is -0.124. The molecule has 3 N–H and O–H groups in total. The molecule has 26 heavy (non-hydrogen) atoms. The summed E-state index contributed by atoms with van der Waals surface area (Å²) in [5.41, 5.74) is 7.47. The van der Waals surface area contributed by atoms with Crippen LogP contribution in [0.15, 0.2) is 42.5 Å². The van der Waals surface area contributed by atoms with Crippen LogP contribution in [0, 0.1) is 0 Å². The molecule has 0 spiro atoms. The highest BCUT2D eigenvalue weighted by atomic mass is 35.5. The van der Waals surface area contributed by atoms with Gasteiger partial charge in [-0.25, -0.2) is 4.79 Å². The summed E-state index contributed by atoms with van der Waals surface area (Å²) in [6.07, 6.45) is 0.192. The Kier molecular flexibility index (Phi) is 7.30. The highest BCUT2D eigenvalue weighted by molar-refractivity contribution is 6.42. The van der Waals surface area contributed by atoms with Gasteiger partial charge in [0.15, 0.2) is 6.10 Å². The van der Waals surface area contributed by atoms with E-state index >= 15 is 0 Å². The number of amides is 2. The van der Waals surface area contributed by atoms with Crippen molar-refractivity contribution in [1.82, 2.24) is 0 Å². The van der Waals surface area contributed by atoms with Gasteiger partial charge in [0.1, 0.15) is 0 Å². The Bertz CT molecular complexity index is 779. The van der Waals surface area contributed by atoms with Gasteiger partial charge in [-0.1, -0.05) is 54.7 Å². The Labute approximate surface area is 162 Å². The third kappa shape index (κ3) is 5.64. The number of ether oxygens (including phenoxy) is 1. The van der Waals surface area contributed by atoms with E-state index in [2.05, 4.69) is 5.32 Å². The van der Waals surface area contributed by atoms with Crippen molar-refractivity contribution in [1.29, 1.82) is 0 Å². The zero-order chi connectivity index (χ0) is 19.1. The molecule has 138 valence electrons. The number of nitrogens with one attached hydrogen (secondary N) is 1. The molecule has 7 heteroatoms. The maximum absolute atomic E-state index is 12.3. The molecule has 0 aliphatic carbocycles. The van der Waals surface area contributed by atoms with E-state index < -0.39 is 18.1 Å². The molecule has 0 saturated heterocycles. The molecule has 1 atom stereocenters. The Balaban J connectivity index is 2.08. The number of anilines is 1. The van der Waals surface area contributed by atoms with Crippen LogP contribution in [0.4, 0.5) is 10.5 Å². The van der Waals surface area contributed by atoms with E-state index in [1.54, 1.807) is 24.3 Å². The second-order valence-corrected chi connectivity index (χ2v) is 6.58. The van der Waals surface area contributed by atoms with Gasteiger partial charge in [-0.15, -0.1) is 0 Å². The predicted octanol–water partition coefficient (Wildman–Crippen LogP) is 5.25. The molecule has 2 aromatic carbocycles. The number of halogens is 2. The van der Waals surface area contributed by atoms with Crippen LogP contribution in [0.25, 0.3) is 11.1 Å². The molecular weight excluding hydrogens is 375 g/mol. The molecule has 2 rings (SSSR count). The summed E-state index contributed by atoms with van der Waals surface area (Å²) >= 11 is 12.0. The monoisotopic (exact) mass is 394 g/mol. The lowest BCUT2D eigenvalue weighted by atomic mass is 10.1. The molecule has 0 unspecified atom stereocenters. The van der Waals surface area contributed by atoms with Gasteiger partial charge in [-0.3, -0.25) is 4.79 Å². The Morgan fingerprint density at radius 2 is 1.73 bits per heavy atom. The van der Waals surface area contributed by atoms with Crippen LogP contribution in [-0.4, -0.2) is 18.1 Å². The number of carbonyl (C=O) groups excluding carboxylic acids is 2. The van der Waals surface area contributed by atoms with Crippen LogP contribution in [0.1, 0.15) is 26.2 Å². The number of unbranched alkanes of at least 4 members (excludes halogenated alkanes) is 1. The summed E-state index contributed by atoms with van der Waals surface area (Å²) in [6.45, 7) is 1.99. The normalized spacial score (nSPS) is 11.7. The summed E-state index contributed by atoms with van der Waals surface area (Å²) in [4.78, 5) is 23.3. The fourth-order valence-corrected chi connectivity index (χ4v) is 2.72. The molecule has 0 radical (unpaired) electrons. The van der Waals surface area contributed by atoms with Crippen LogP contribution < -0.4 is 11.1 Å². The Hall–Kier alpha value is -2.24. The van der Waals surface area contributed by atoms with Crippen LogP contribution in [-0.2, 0) is 9.53 Å². The number of hydrogen-bond acceptors (Lipinski definition) is 3. The van der Waals surface area contributed by atoms with Crippen LogP contribution in [0.2, 0.25) is 10.0 Å². The van der Waals surface area contributed by atoms with Crippen LogP contribution in [0.5, 0.6) is 0 Å². The molecule has 0 heterocycles. The average Bonchev–Trinajstić information content (AvgIpc) is 2.61. The van der Waals surface area contributed by atoms with Crippen molar-refractivity contribution < 1.29 is 14.3 Å². The first kappa shape index (κ1) is 20.1. The van der Waals surface area contributed by atoms with E-state index in [-0.39, 0.29) is 0 Å². The van der Waals surface area contributed by atoms with Crippen molar-refractivity contribution in [2.75, 3.05) is 5.32 Å². The predicted molar refractivity (Wildman–Crippen MR) is 105 cm³/mol. The van der Waals surface area contributed by atoms with Crippen molar-refractivity contribution >= 4 is 40.9 Å². The minimum Gasteiger partial charge on any atom is -0.436 e. The summed E-state index contributed by atoms with van der Waals surface area (Å²) in [5.74, 6) is -0.403. The molecule has 0 bridgehead atoms. The molecule has 0 aliphatic heterocycles. The molecule has 0 aromatic heterocycles. The van der Waals surface area contributed by atoms with E-state index in [9.17, 15) is 9.59 Å². The van der Waals surface area contributed by atoms with Crippen LogP contribution >= 0.6 is 23.2 Å². The fraction of sp³-hybridized carbons (Fsp3) is 0.263. The lowest BCUT2D eigenvalue weighted by Gasteiger charge is -2.16. The van der Waals surface area contributed by atoms with Gasteiger partial charge >= 0.3 is 6.09 Å². The highest BCUT2D eigenvalue weighted by Gasteiger charge is 2.21. The largest absolute Gasteiger partial charge is 0.436 e. The Morgan fingerprint density at radius 1 is 1.08 bits per heavy atom. The molecule has 0 fully saturated rings. The van der Waals surface area contributed by atoms with E-state index in [0.717, 1.165) is 24.0 Å². The summed E-state index contributed by atoms with van der Waals surface area (Å²) in [7, 11) is 0.